The van der Waals surface area contributed by atoms with Gasteiger partial charge in [-0.2, -0.15) is 0 Å². The van der Waals surface area contributed by atoms with Crippen LogP contribution in [0.3, 0.4) is 0 Å². The van der Waals surface area contributed by atoms with E-state index in [1.54, 1.807) is 24.3 Å². The molecule has 0 amide bonds. The second kappa shape index (κ2) is 6.50. The molecule has 1 heterocycles. The van der Waals surface area contributed by atoms with E-state index in [0.717, 1.165) is 10.9 Å². The van der Waals surface area contributed by atoms with Crippen LogP contribution in [0.15, 0.2) is 66.4 Å². The maximum Gasteiger partial charge on any atom is 0.276 e. The first-order valence-electron chi connectivity index (χ1n) is 7.55. The highest BCUT2D eigenvalue weighted by atomic mass is 16.6. The van der Waals surface area contributed by atoms with Gasteiger partial charge in [-0.25, -0.2) is 0 Å². The van der Waals surface area contributed by atoms with Gasteiger partial charge >= 0.3 is 0 Å². The number of ketones is 1. The summed E-state index contributed by atoms with van der Waals surface area (Å²) in [6.07, 6.45) is 3.52. The van der Waals surface area contributed by atoms with Crippen molar-refractivity contribution >= 4 is 28.4 Å². The molecule has 1 aromatic heterocycles. The molecule has 0 N–H and O–H groups in total. The molecular formula is C19H16N2O3. The first kappa shape index (κ1) is 15.7. The lowest BCUT2D eigenvalue weighted by Gasteiger charge is -2.08. The summed E-state index contributed by atoms with van der Waals surface area (Å²) in [7, 11) is 0. The van der Waals surface area contributed by atoms with Crippen molar-refractivity contribution in [3.8, 4) is 0 Å². The van der Waals surface area contributed by atoms with E-state index in [4.69, 9.17) is 0 Å². The third-order valence-electron chi connectivity index (χ3n) is 3.94. The van der Waals surface area contributed by atoms with E-state index in [1.807, 2.05) is 41.1 Å². The largest absolute Gasteiger partial charge is 0.343 e. The zero-order chi connectivity index (χ0) is 17.1. The molecule has 0 saturated carbocycles. The van der Waals surface area contributed by atoms with Crippen molar-refractivity contribution < 1.29 is 9.72 Å². The van der Waals surface area contributed by atoms with E-state index in [2.05, 4.69) is 0 Å². The number of rotatable bonds is 5. The lowest BCUT2D eigenvalue weighted by atomic mass is 10.1. The average Bonchev–Trinajstić information content (AvgIpc) is 2.97. The molecule has 0 aliphatic rings. The highest BCUT2D eigenvalue weighted by Crippen LogP contribution is 2.23. The molecule has 120 valence electrons. The smallest absolute Gasteiger partial charge is 0.276 e. The molecule has 2 aromatic carbocycles. The Kier molecular flexibility index (Phi) is 4.24. The molecule has 0 bridgehead atoms. The Hall–Kier alpha value is -3.21. The predicted octanol–water partition coefficient (Wildman–Crippen LogP) is 4.22. The van der Waals surface area contributed by atoms with E-state index in [9.17, 15) is 14.9 Å². The fourth-order valence-corrected chi connectivity index (χ4v) is 2.68. The van der Waals surface area contributed by atoms with Crippen LogP contribution in [0.25, 0.3) is 17.0 Å². The maximum atomic E-state index is 12.0. The van der Waals surface area contributed by atoms with Crippen LogP contribution in [0, 0.1) is 10.1 Å². The standard InChI is InChI=1S/C19H16N2O3/c1-14(22)17(12-16-7-3-5-9-19(16)21(23)24)13-20-11-10-15-6-2-4-8-18(15)20/h2-12H,13H2,1H3/b17-12+. The summed E-state index contributed by atoms with van der Waals surface area (Å²) in [6.45, 7) is 1.85. The summed E-state index contributed by atoms with van der Waals surface area (Å²) in [6, 6.07) is 16.3. The maximum absolute atomic E-state index is 12.0. The number of nitro groups is 1. The number of allylic oxidation sites excluding steroid dienone is 1. The Morgan fingerprint density at radius 3 is 2.58 bits per heavy atom. The highest BCUT2D eigenvalue weighted by molar-refractivity contribution is 5.98. The molecular weight excluding hydrogens is 304 g/mol. The SMILES string of the molecule is CC(=O)/C(=C/c1ccccc1[N+](=O)[O-])Cn1ccc2ccccc21. The molecule has 0 aliphatic heterocycles. The van der Waals surface area contributed by atoms with Gasteiger partial charge in [0.2, 0.25) is 0 Å². The first-order valence-corrected chi connectivity index (χ1v) is 7.55. The number of fused-ring (bicyclic) bond motifs is 1. The van der Waals surface area contributed by atoms with Gasteiger partial charge < -0.3 is 4.57 Å². The van der Waals surface area contributed by atoms with Crippen molar-refractivity contribution in [3.05, 3.63) is 82.0 Å². The fourth-order valence-electron chi connectivity index (χ4n) is 2.68. The number of Topliss-reactive ketones (excluding diaryl/α,β-unsaturated/α-hetero) is 1. The van der Waals surface area contributed by atoms with Gasteiger partial charge in [-0.1, -0.05) is 30.3 Å². The number of hydrogen-bond acceptors (Lipinski definition) is 3. The Labute approximate surface area is 139 Å². The third kappa shape index (κ3) is 3.10. The van der Waals surface area contributed by atoms with Gasteiger partial charge in [0.25, 0.3) is 5.69 Å². The number of benzene rings is 2. The zero-order valence-corrected chi connectivity index (χ0v) is 13.2. The Morgan fingerprint density at radius 1 is 1.12 bits per heavy atom. The van der Waals surface area contributed by atoms with E-state index in [-0.39, 0.29) is 11.5 Å². The van der Waals surface area contributed by atoms with Gasteiger partial charge in [0.1, 0.15) is 0 Å². The number of para-hydroxylation sites is 2. The fraction of sp³-hybridized carbons (Fsp3) is 0.105. The highest BCUT2D eigenvalue weighted by Gasteiger charge is 2.14. The average molecular weight is 320 g/mol. The second-order valence-electron chi connectivity index (χ2n) is 5.54. The number of carbonyl (C=O) groups is 1. The van der Waals surface area contributed by atoms with Crippen LogP contribution in [0.1, 0.15) is 12.5 Å². The molecule has 0 spiro atoms. The van der Waals surface area contributed by atoms with Crippen molar-refractivity contribution in [3.63, 3.8) is 0 Å². The summed E-state index contributed by atoms with van der Waals surface area (Å²) in [5.74, 6) is -0.106. The van der Waals surface area contributed by atoms with Gasteiger partial charge in [-0.3, -0.25) is 14.9 Å². The van der Waals surface area contributed by atoms with Gasteiger partial charge in [0.05, 0.1) is 17.0 Å². The lowest BCUT2D eigenvalue weighted by Crippen LogP contribution is -2.06. The summed E-state index contributed by atoms with van der Waals surface area (Å²) in [4.78, 5) is 22.8. The quantitative estimate of drug-likeness (QED) is 0.401. The predicted molar refractivity (Wildman–Crippen MR) is 93.7 cm³/mol. The number of carbonyl (C=O) groups excluding carboxylic acids is 1. The second-order valence-corrected chi connectivity index (χ2v) is 5.54. The molecule has 0 fully saturated rings. The number of nitro benzene ring substituents is 1. The van der Waals surface area contributed by atoms with E-state index in [0.29, 0.717) is 17.7 Å². The van der Waals surface area contributed by atoms with E-state index >= 15 is 0 Å². The normalized spacial score (nSPS) is 11.6. The summed E-state index contributed by atoms with van der Waals surface area (Å²) < 4.78 is 1.97. The first-order chi connectivity index (χ1) is 11.6. The number of hydrogen-bond donors (Lipinski definition) is 0. The van der Waals surface area contributed by atoms with Crippen LogP contribution in [-0.4, -0.2) is 15.3 Å². The molecule has 5 nitrogen and oxygen atoms in total. The van der Waals surface area contributed by atoms with Crippen molar-refractivity contribution in [1.82, 2.24) is 4.57 Å². The van der Waals surface area contributed by atoms with Crippen LogP contribution >= 0.6 is 0 Å². The van der Waals surface area contributed by atoms with Gasteiger partial charge in [0.15, 0.2) is 5.78 Å². The van der Waals surface area contributed by atoms with Crippen molar-refractivity contribution in [2.75, 3.05) is 0 Å². The third-order valence-corrected chi connectivity index (χ3v) is 3.94. The van der Waals surface area contributed by atoms with Crippen molar-refractivity contribution in [1.29, 1.82) is 0 Å². The minimum absolute atomic E-state index is 0.00591. The molecule has 0 atom stereocenters. The van der Waals surface area contributed by atoms with Crippen LogP contribution in [-0.2, 0) is 11.3 Å². The summed E-state index contributed by atoms with van der Waals surface area (Å²) in [5, 5.41) is 12.2. The van der Waals surface area contributed by atoms with Gasteiger partial charge in [-0.05, 0) is 36.6 Å². The Morgan fingerprint density at radius 2 is 1.83 bits per heavy atom. The Bertz CT molecular complexity index is 954. The molecule has 3 aromatic rings. The number of aromatic nitrogens is 1. The van der Waals surface area contributed by atoms with Crippen LogP contribution in [0.5, 0.6) is 0 Å². The summed E-state index contributed by atoms with van der Waals surface area (Å²) >= 11 is 0. The molecule has 24 heavy (non-hydrogen) atoms. The minimum atomic E-state index is -0.436. The van der Waals surface area contributed by atoms with Crippen LogP contribution in [0.4, 0.5) is 5.69 Å². The van der Waals surface area contributed by atoms with Gasteiger partial charge in [-0.15, -0.1) is 0 Å². The lowest BCUT2D eigenvalue weighted by molar-refractivity contribution is -0.385. The summed E-state index contributed by atoms with van der Waals surface area (Å²) in [5.41, 5.74) is 1.97. The Balaban J connectivity index is 2.02. The number of nitrogens with zero attached hydrogens (tertiary/aromatic N) is 2. The van der Waals surface area contributed by atoms with Crippen molar-refractivity contribution in [2.45, 2.75) is 13.5 Å². The molecule has 0 unspecified atom stereocenters. The molecule has 0 saturated heterocycles. The van der Waals surface area contributed by atoms with Crippen LogP contribution in [0.2, 0.25) is 0 Å². The van der Waals surface area contributed by atoms with E-state index < -0.39 is 4.92 Å². The topological polar surface area (TPSA) is 65.1 Å². The van der Waals surface area contributed by atoms with E-state index in [1.165, 1.54) is 13.0 Å². The zero-order valence-electron chi connectivity index (χ0n) is 13.2. The molecule has 3 rings (SSSR count). The molecule has 5 heteroatoms. The minimum Gasteiger partial charge on any atom is -0.343 e. The molecule has 0 radical (unpaired) electrons. The van der Waals surface area contributed by atoms with Crippen LogP contribution < -0.4 is 0 Å². The molecule has 0 aliphatic carbocycles. The van der Waals surface area contributed by atoms with Crippen molar-refractivity contribution in [2.24, 2.45) is 0 Å². The van der Waals surface area contributed by atoms with Gasteiger partial charge in [0, 0.05) is 23.4 Å². The monoisotopic (exact) mass is 320 g/mol.